The molecule has 24 heavy (non-hydrogen) atoms. The summed E-state index contributed by atoms with van der Waals surface area (Å²) in [6.45, 7) is 14.6. The van der Waals surface area contributed by atoms with E-state index < -0.39 is 0 Å². The second kappa shape index (κ2) is 10.0. The van der Waals surface area contributed by atoms with Gasteiger partial charge in [-0.2, -0.15) is 0 Å². The number of fused-ring (bicyclic) bond motifs is 1. The Kier molecular flexibility index (Phi) is 7.65. The number of aromatic nitrogens is 3. The van der Waals surface area contributed by atoms with Crippen LogP contribution in [0.4, 0.5) is 0 Å². The van der Waals surface area contributed by atoms with Crippen molar-refractivity contribution < 1.29 is 4.74 Å². The van der Waals surface area contributed by atoms with Crippen LogP contribution >= 0.6 is 0 Å². The Morgan fingerprint density at radius 3 is 2.79 bits per heavy atom. The van der Waals surface area contributed by atoms with Gasteiger partial charge in [-0.25, -0.2) is 9.97 Å². The molecule has 0 spiro atoms. The number of hydrogen-bond acceptors (Lipinski definition) is 4. The lowest BCUT2D eigenvalue weighted by Crippen LogP contribution is -2.25. The first-order chi connectivity index (χ1) is 11.8. The molecule has 0 aromatic carbocycles. The molecule has 0 aliphatic rings. The van der Waals surface area contributed by atoms with E-state index >= 15 is 0 Å². The second-order valence-corrected chi connectivity index (χ2v) is 5.66. The van der Waals surface area contributed by atoms with Crippen LogP contribution in [0, 0.1) is 0 Å². The molecule has 0 saturated heterocycles. The molecule has 2 rings (SSSR count). The monoisotopic (exact) mass is 328 g/mol. The van der Waals surface area contributed by atoms with Gasteiger partial charge in [0, 0.05) is 38.9 Å². The Bertz CT molecular complexity index is 640. The highest BCUT2D eigenvalue weighted by molar-refractivity contribution is 5.71. The first-order valence-electron chi connectivity index (χ1n) is 8.62. The molecular formula is C19H28N4O. The zero-order chi connectivity index (χ0) is 17.2. The molecule has 0 unspecified atom stereocenters. The van der Waals surface area contributed by atoms with Crippen LogP contribution in [0.15, 0.2) is 43.6 Å². The first-order valence-corrected chi connectivity index (χ1v) is 8.62. The van der Waals surface area contributed by atoms with E-state index in [4.69, 9.17) is 9.72 Å². The zero-order valence-corrected chi connectivity index (χ0v) is 14.7. The molecule has 0 bridgehead atoms. The van der Waals surface area contributed by atoms with Gasteiger partial charge in [0.2, 0.25) is 0 Å². The smallest absolute Gasteiger partial charge is 0.160 e. The zero-order valence-electron chi connectivity index (χ0n) is 14.7. The third-order valence-corrected chi connectivity index (χ3v) is 3.90. The SMILES string of the molecule is C=CCN(CC=C)CCCc1nc2cccnc2n1CCOCC. The molecule has 0 amide bonds. The van der Waals surface area contributed by atoms with E-state index in [9.17, 15) is 0 Å². The number of nitrogens with zero attached hydrogens (tertiary/aromatic N) is 4. The minimum absolute atomic E-state index is 0.685. The predicted octanol–water partition coefficient (Wildman–Crippen LogP) is 3.07. The average molecular weight is 328 g/mol. The normalized spacial score (nSPS) is 11.2. The van der Waals surface area contributed by atoms with Crippen molar-refractivity contribution in [1.29, 1.82) is 0 Å². The predicted molar refractivity (Wildman–Crippen MR) is 99.2 cm³/mol. The largest absolute Gasteiger partial charge is 0.380 e. The molecule has 0 saturated carbocycles. The maximum Gasteiger partial charge on any atom is 0.160 e. The number of rotatable bonds is 12. The fourth-order valence-corrected chi connectivity index (χ4v) is 2.81. The van der Waals surface area contributed by atoms with E-state index in [2.05, 4.69) is 27.6 Å². The van der Waals surface area contributed by atoms with Crippen LogP contribution in [0.3, 0.4) is 0 Å². The second-order valence-electron chi connectivity index (χ2n) is 5.66. The van der Waals surface area contributed by atoms with E-state index in [1.165, 1.54) is 0 Å². The number of ether oxygens (including phenoxy) is 1. The van der Waals surface area contributed by atoms with Crippen molar-refractivity contribution in [3.63, 3.8) is 0 Å². The number of hydrogen-bond donors (Lipinski definition) is 0. The Labute approximate surface area is 144 Å². The van der Waals surface area contributed by atoms with Crippen LogP contribution in [0.2, 0.25) is 0 Å². The molecule has 5 heteroatoms. The van der Waals surface area contributed by atoms with Crippen molar-refractivity contribution in [3.8, 4) is 0 Å². The van der Waals surface area contributed by atoms with Gasteiger partial charge in [-0.15, -0.1) is 13.2 Å². The highest BCUT2D eigenvalue weighted by atomic mass is 16.5. The summed E-state index contributed by atoms with van der Waals surface area (Å²) in [6.07, 6.45) is 7.66. The van der Waals surface area contributed by atoms with Gasteiger partial charge in [-0.3, -0.25) is 4.90 Å². The summed E-state index contributed by atoms with van der Waals surface area (Å²) in [7, 11) is 0. The maximum absolute atomic E-state index is 5.51. The lowest BCUT2D eigenvalue weighted by atomic mass is 10.2. The van der Waals surface area contributed by atoms with Gasteiger partial charge in [0.1, 0.15) is 11.3 Å². The van der Waals surface area contributed by atoms with E-state index in [0.29, 0.717) is 6.61 Å². The average Bonchev–Trinajstić information content (AvgIpc) is 2.93. The van der Waals surface area contributed by atoms with Crippen molar-refractivity contribution in [2.45, 2.75) is 26.3 Å². The molecule has 0 radical (unpaired) electrons. The molecule has 0 fully saturated rings. The highest BCUT2D eigenvalue weighted by Gasteiger charge is 2.11. The van der Waals surface area contributed by atoms with Gasteiger partial charge < -0.3 is 9.30 Å². The van der Waals surface area contributed by atoms with Gasteiger partial charge in [-0.05, 0) is 32.0 Å². The summed E-state index contributed by atoms with van der Waals surface area (Å²) in [6, 6.07) is 3.95. The molecule has 0 aliphatic carbocycles. The van der Waals surface area contributed by atoms with E-state index in [-0.39, 0.29) is 0 Å². The summed E-state index contributed by atoms with van der Waals surface area (Å²) in [4.78, 5) is 11.6. The Hall–Kier alpha value is -1.98. The van der Waals surface area contributed by atoms with Crippen LogP contribution in [-0.4, -0.2) is 52.3 Å². The Balaban J connectivity index is 2.05. The third-order valence-electron chi connectivity index (χ3n) is 3.90. The summed E-state index contributed by atoms with van der Waals surface area (Å²) >= 11 is 0. The minimum Gasteiger partial charge on any atom is -0.380 e. The van der Waals surface area contributed by atoms with Crippen molar-refractivity contribution in [3.05, 3.63) is 49.5 Å². The van der Waals surface area contributed by atoms with Crippen molar-refractivity contribution in [1.82, 2.24) is 19.4 Å². The van der Waals surface area contributed by atoms with Gasteiger partial charge in [-0.1, -0.05) is 12.2 Å². The van der Waals surface area contributed by atoms with Crippen molar-refractivity contribution in [2.24, 2.45) is 0 Å². The van der Waals surface area contributed by atoms with Gasteiger partial charge in [0.15, 0.2) is 5.65 Å². The summed E-state index contributed by atoms with van der Waals surface area (Å²) in [5, 5.41) is 0. The number of imidazole rings is 1. The summed E-state index contributed by atoms with van der Waals surface area (Å²) in [5.41, 5.74) is 1.90. The lowest BCUT2D eigenvalue weighted by molar-refractivity contribution is 0.139. The first kappa shape index (κ1) is 18.4. The Morgan fingerprint density at radius 1 is 1.29 bits per heavy atom. The summed E-state index contributed by atoms with van der Waals surface area (Å²) < 4.78 is 7.70. The fourth-order valence-electron chi connectivity index (χ4n) is 2.81. The fraction of sp³-hybridized carbons (Fsp3) is 0.474. The third kappa shape index (κ3) is 5.01. The molecule has 2 aromatic heterocycles. The van der Waals surface area contributed by atoms with Crippen molar-refractivity contribution in [2.75, 3.05) is 32.8 Å². The van der Waals surface area contributed by atoms with Crippen LogP contribution in [-0.2, 0) is 17.7 Å². The van der Waals surface area contributed by atoms with E-state index in [1.54, 1.807) is 0 Å². The topological polar surface area (TPSA) is 43.2 Å². The molecule has 0 atom stereocenters. The van der Waals surface area contributed by atoms with Gasteiger partial charge >= 0.3 is 0 Å². The molecule has 2 heterocycles. The molecule has 5 nitrogen and oxygen atoms in total. The Morgan fingerprint density at radius 2 is 2.08 bits per heavy atom. The summed E-state index contributed by atoms with van der Waals surface area (Å²) in [5.74, 6) is 1.08. The molecule has 2 aromatic rings. The van der Waals surface area contributed by atoms with Gasteiger partial charge in [0.25, 0.3) is 0 Å². The molecule has 0 N–H and O–H groups in total. The maximum atomic E-state index is 5.51. The number of aryl methyl sites for hydroxylation is 1. The van der Waals surface area contributed by atoms with E-state index in [1.807, 2.05) is 37.4 Å². The lowest BCUT2D eigenvalue weighted by Gasteiger charge is -2.18. The van der Waals surface area contributed by atoms with E-state index in [0.717, 1.165) is 62.6 Å². The minimum atomic E-state index is 0.685. The van der Waals surface area contributed by atoms with Crippen molar-refractivity contribution >= 4 is 11.2 Å². The van der Waals surface area contributed by atoms with Crippen LogP contribution in [0.5, 0.6) is 0 Å². The van der Waals surface area contributed by atoms with Crippen LogP contribution in [0.1, 0.15) is 19.2 Å². The van der Waals surface area contributed by atoms with Crippen LogP contribution in [0.25, 0.3) is 11.2 Å². The highest BCUT2D eigenvalue weighted by Crippen LogP contribution is 2.15. The standard InChI is InChI=1S/C19H28N4O/c1-4-12-22(13-5-2)14-8-10-18-21-17-9-7-11-20-19(17)23(18)15-16-24-6-3/h4-5,7,9,11H,1-2,6,8,10,12-16H2,3H3. The molecular weight excluding hydrogens is 300 g/mol. The quantitative estimate of drug-likeness (QED) is 0.444. The molecule has 0 aliphatic heterocycles. The molecule has 130 valence electrons. The van der Waals surface area contributed by atoms with Crippen LogP contribution < -0.4 is 0 Å². The number of pyridine rings is 1. The van der Waals surface area contributed by atoms with Gasteiger partial charge in [0.05, 0.1) is 6.61 Å².